The van der Waals surface area contributed by atoms with Crippen molar-refractivity contribution in [1.82, 2.24) is 0 Å². The Morgan fingerprint density at radius 2 is 1.84 bits per heavy atom. The summed E-state index contributed by atoms with van der Waals surface area (Å²) in [7, 11) is 1.16. The van der Waals surface area contributed by atoms with Crippen molar-refractivity contribution in [3.05, 3.63) is 82.4 Å². The molecule has 0 saturated heterocycles. The maximum atomic E-state index is 12.9. The van der Waals surface area contributed by atoms with E-state index in [2.05, 4.69) is 11.3 Å². The number of esters is 1. The zero-order valence-corrected chi connectivity index (χ0v) is 13.5. The lowest BCUT2D eigenvalue weighted by atomic mass is 10.1. The van der Waals surface area contributed by atoms with Gasteiger partial charge in [0.2, 0.25) is 0 Å². The Balaban J connectivity index is 2.52. The highest BCUT2D eigenvalue weighted by molar-refractivity contribution is 6.08. The minimum Gasteiger partial charge on any atom is -0.465 e. The molecule has 128 valence electrons. The zero-order chi connectivity index (χ0) is 18.4. The van der Waals surface area contributed by atoms with Crippen molar-refractivity contribution >= 4 is 23.3 Å². The average molecular weight is 340 g/mol. The van der Waals surface area contributed by atoms with Crippen molar-refractivity contribution in [1.29, 1.82) is 0 Å². The molecule has 0 aliphatic carbocycles. The Hall–Kier alpha value is -3.48. The molecule has 0 bridgehead atoms. The molecule has 0 aromatic heterocycles. The summed E-state index contributed by atoms with van der Waals surface area (Å²) in [5.41, 5.74) is 0.198. The van der Waals surface area contributed by atoms with E-state index in [0.29, 0.717) is 5.69 Å². The second-order valence-corrected chi connectivity index (χ2v) is 5.06. The number of nitro benzene ring substituents is 1. The van der Waals surface area contributed by atoms with Crippen molar-refractivity contribution in [3.63, 3.8) is 0 Å². The number of hydrogen-bond acceptors (Lipinski definition) is 5. The SMILES string of the molecule is C=CCN(C(=O)c1cc(C(=O)OC)cc([N+](=O)[O-])c1)c1ccccc1. The highest BCUT2D eigenvalue weighted by Crippen LogP contribution is 2.22. The van der Waals surface area contributed by atoms with Gasteiger partial charge in [-0.1, -0.05) is 24.3 Å². The van der Waals surface area contributed by atoms with Crippen LogP contribution in [0.2, 0.25) is 0 Å². The van der Waals surface area contributed by atoms with Gasteiger partial charge in [-0.2, -0.15) is 0 Å². The van der Waals surface area contributed by atoms with Gasteiger partial charge in [0.1, 0.15) is 0 Å². The lowest BCUT2D eigenvalue weighted by molar-refractivity contribution is -0.384. The fourth-order valence-corrected chi connectivity index (χ4v) is 2.27. The Morgan fingerprint density at radius 1 is 1.20 bits per heavy atom. The Kier molecular flexibility index (Phi) is 5.62. The monoisotopic (exact) mass is 340 g/mol. The van der Waals surface area contributed by atoms with Crippen LogP contribution in [-0.4, -0.2) is 30.5 Å². The van der Waals surface area contributed by atoms with Crippen LogP contribution in [0.3, 0.4) is 0 Å². The molecule has 25 heavy (non-hydrogen) atoms. The van der Waals surface area contributed by atoms with Gasteiger partial charge in [-0.15, -0.1) is 6.58 Å². The Labute approximate surface area is 144 Å². The number of rotatable bonds is 6. The Bertz CT molecular complexity index is 817. The van der Waals surface area contributed by atoms with E-state index in [0.717, 1.165) is 19.2 Å². The summed E-state index contributed by atoms with van der Waals surface area (Å²) in [6, 6.07) is 12.3. The molecule has 0 unspecified atom stereocenters. The number of nitro groups is 1. The summed E-state index contributed by atoms with van der Waals surface area (Å²) in [5.74, 6) is -1.24. The van der Waals surface area contributed by atoms with Gasteiger partial charge < -0.3 is 9.64 Å². The number of para-hydroxylation sites is 1. The molecular formula is C18H16N2O5. The van der Waals surface area contributed by atoms with Gasteiger partial charge in [-0.25, -0.2) is 4.79 Å². The summed E-state index contributed by atoms with van der Waals surface area (Å²) < 4.78 is 4.60. The fourth-order valence-electron chi connectivity index (χ4n) is 2.27. The number of amides is 1. The first-order chi connectivity index (χ1) is 12.0. The lowest BCUT2D eigenvalue weighted by Crippen LogP contribution is -2.31. The van der Waals surface area contributed by atoms with E-state index < -0.39 is 16.8 Å². The van der Waals surface area contributed by atoms with Gasteiger partial charge in [0.15, 0.2) is 0 Å². The molecule has 2 rings (SSSR count). The largest absolute Gasteiger partial charge is 0.465 e. The first kappa shape index (κ1) is 17.9. The number of hydrogen-bond donors (Lipinski definition) is 0. The van der Waals surface area contributed by atoms with Crippen molar-refractivity contribution in [2.24, 2.45) is 0 Å². The molecule has 7 nitrogen and oxygen atoms in total. The van der Waals surface area contributed by atoms with Crippen LogP contribution < -0.4 is 4.90 Å². The molecule has 0 fully saturated rings. The summed E-state index contributed by atoms with van der Waals surface area (Å²) in [6.07, 6.45) is 1.55. The van der Waals surface area contributed by atoms with Crippen molar-refractivity contribution in [3.8, 4) is 0 Å². The van der Waals surface area contributed by atoms with Gasteiger partial charge in [0.25, 0.3) is 11.6 Å². The van der Waals surface area contributed by atoms with E-state index in [1.807, 2.05) is 6.07 Å². The smallest absolute Gasteiger partial charge is 0.338 e. The van der Waals surface area contributed by atoms with E-state index in [1.54, 1.807) is 30.3 Å². The molecular weight excluding hydrogens is 324 g/mol. The van der Waals surface area contributed by atoms with E-state index in [-0.39, 0.29) is 23.4 Å². The zero-order valence-electron chi connectivity index (χ0n) is 13.5. The minimum absolute atomic E-state index is 0.0142. The summed E-state index contributed by atoms with van der Waals surface area (Å²) in [4.78, 5) is 36.5. The van der Waals surface area contributed by atoms with Crippen LogP contribution in [-0.2, 0) is 4.74 Å². The van der Waals surface area contributed by atoms with Gasteiger partial charge in [-0.05, 0) is 18.2 Å². The third-order valence-electron chi connectivity index (χ3n) is 3.42. The predicted molar refractivity (Wildman–Crippen MR) is 92.8 cm³/mol. The predicted octanol–water partition coefficient (Wildman–Crippen LogP) is 3.21. The summed E-state index contributed by atoms with van der Waals surface area (Å²) >= 11 is 0. The molecule has 0 atom stereocenters. The maximum absolute atomic E-state index is 12.9. The van der Waals surface area contributed by atoms with Crippen LogP contribution in [0, 0.1) is 10.1 Å². The van der Waals surface area contributed by atoms with E-state index in [9.17, 15) is 19.7 Å². The van der Waals surface area contributed by atoms with Crippen LogP contribution in [0.1, 0.15) is 20.7 Å². The van der Waals surface area contributed by atoms with Gasteiger partial charge in [0, 0.05) is 29.9 Å². The maximum Gasteiger partial charge on any atom is 0.338 e. The molecule has 2 aromatic rings. The van der Waals surface area contributed by atoms with Gasteiger partial charge in [0.05, 0.1) is 17.6 Å². The number of carbonyl (C=O) groups is 2. The van der Waals surface area contributed by atoms with E-state index in [4.69, 9.17) is 0 Å². The van der Waals surface area contributed by atoms with Crippen LogP contribution in [0.15, 0.2) is 61.2 Å². The highest BCUT2D eigenvalue weighted by atomic mass is 16.6. The summed E-state index contributed by atoms with van der Waals surface area (Å²) in [6.45, 7) is 3.84. The second-order valence-electron chi connectivity index (χ2n) is 5.06. The standard InChI is InChI=1S/C18H16N2O5/c1-3-9-19(15-7-5-4-6-8-15)17(21)13-10-14(18(22)25-2)12-16(11-13)20(23)24/h3-8,10-12H,1,9H2,2H3. The molecule has 2 aromatic carbocycles. The third-order valence-corrected chi connectivity index (χ3v) is 3.42. The molecule has 1 amide bonds. The van der Waals surface area contributed by atoms with Crippen molar-refractivity contribution in [2.75, 3.05) is 18.6 Å². The number of methoxy groups -OCH3 is 1. The van der Waals surface area contributed by atoms with Crippen molar-refractivity contribution in [2.45, 2.75) is 0 Å². The van der Waals surface area contributed by atoms with Crippen LogP contribution in [0.5, 0.6) is 0 Å². The van der Waals surface area contributed by atoms with E-state index >= 15 is 0 Å². The lowest BCUT2D eigenvalue weighted by Gasteiger charge is -2.21. The Morgan fingerprint density at radius 3 is 2.40 bits per heavy atom. The van der Waals surface area contributed by atoms with Crippen LogP contribution in [0.4, 0.5) is 11.4 Å². The second kappa shape index (κ2) is 7.87. The number of nitrogens with zero attached hydrogens (tertiary/aromatic N) is 2. The van der Waals surface area contributed by atoms with Crippen LogP contribution >= 0.6 is 0 Å². The average Bonchev–Trinajstić information content (AvgIpc) is 2.65. The number of benzene rings is 2. The molecule has 0 N–H and O–H groups in total. The normalized spacial score (nSPS) is 9.96. The molecule has 7 heteroatoms. The van der Waals surface area contributed by atoms with Crippen molar-refractivity contribution < 1.29 is 19.2 Å². The van der Waals surface area contributed by atoms with E-state index in [1.165, 1.54) is 11.0 Å². The number of carbonyl (C=O) groups excluding carboxylic acids is 2. The molecule has 0 spiro atoms. The quantitative estimate of drug-likeness (QED) is 0.348. The van der Waals surface area contributed by atoms with Gasteiger partial charge in [-0.3, -0.25) is 14.9 Å². The fraction of sp³-hybridized carbons (Fsp3) is 0.111. The minimum atomic E-state index is -0.757. The topological polar surface area (TPSA) is 89.8 Å². The first-order valence-electron chi connectivity index (χ1n) is 7.33. The van der Waals surface area contributed by atoms with Crippen LogP contribution in [0.25, 0.3) is 0 Å². The molecule has 0 aliphatic heterocycles. The molecule has 0 heterocycles. The number of anilines is 1. The first-order valence-corrected chi connectivity index (χ1v) is 7.33. The summed E-state index contributed by atoms with van der Waals surface area (Å²) in [5, 5.41) is 11.1. The number of non-ortho nitro benzene ring substituents is 1. The molecule has 0 saturated carbocycles. The highest BCUT2D eigenvalue weighted by Gasteiger charge is 2.22. The molecule has 0 radical (unpaired) electrons. The molecule has 0 aliphatic rings. The van der Waals surface area contributed by atoms with Gasteiger partial charge >= 0.3 is 5.97 Å². The number of ether oxygens (including phenoxy) is 1. The third kappa shape index (κ3) is 4.08.